The number of nitrogens with zero attached hydrogens (tertiary/aromatic N) is 2. The summed E-state index contributed by atoms with van der Waals surface area (Å²) in [5.74, 6) is 1.93. The van der Waals surface area contributed by atoms with Gasteiger partial charge in [0.2, 0.25) is 0 Å². The van der Waals surface area contributed by atoms with Gasteiger partial charge in [0.15, 0.2) is 0 Å². The fourth-order valence-electron chi connectivity index (χ4n) is 5.78. The topological polar surface area (TPSA) is 51.2 Å². The van der Waals surface area contributed by atoms with Crippen molar-refractivity contribution in [3.8, 4) is 11.5 Å². The first-order chi connectivity index (χ1) is 16.7. The standard InChI is InChI=1S/C28H34N2O4/c31-28-26-8-7-24(33-19-25-4-3-13-32-25)16-21(26)9-12-30(28)23-15-22-6-5-20(14-27(22)34-18-23)17-29-10-1-2-11-29/h5-8,14,16,23,25H,1-4,9-13,15,17-19H2/t23-,25+/m1/s1. The third kappa shape index (κ3) is 4.53. The van der Waals surface area contributed by atoms with Crippen molar-refractivity contribution in [2.75, 3.05) is 39.5 Å². The lowest BCUT2D eigenvalue weighted by atomic mass is 9.94. The molecule has 0 saturated carbocycles. The summed E-state index contributed by atoms with van der Waals surface area (Å²) in [5, 5.41) is 0. The van der Waals surface area contributed by atoms with Crippen LogP contribution >= 0.6 is 0 Å². The van der Waals surface area contributed by atoms with E-state index in [1.165, 1.54) is 37.1 Å². The minimum absolute atomic E-state index is 0.0769. The third-order valence-corrected chi connectivity index (χ3v) is 7.71. The van der Waals surface area contributed by atoms with Crippen LogP contribution in [0.5, 0.6) is 11.5 Å². The number of ether oxygens (including phenoxy) is 3. The number of amides is 1. The monoisotopic (exact) mass is 462 g/mol. The number of fused-ring (bicyclic) bond motifs is 2. The van der Waals surface area contributed by atoms with E-state index in [0.717, 1.165) is 68.0 Å². The second-order valence-electron chi connectivity index (χ2n) is 10.1. The Morgan fingerprint density at radius 2 is 1.91 bits per heavy atom. The van der Waals surface area contributed by atoms with E-state index in [1.807, 2.05) is 23.1 Å². The Balaban J connectivity index is 1.10. The van der Waals surface area contributed by atoms with Gasteiger partial charge < -0.3 is 19.1 Å². The highest BCUT2D eigenvalue weighted by Gasteiger charge is 2.33. The molecular formula is C28H34N2O4. The van der Waals surface area contributed by atoms with Crippen LogP contribution in [0, 0.1) is 0 Å². The van der Waals surface area contributed by atoms with E-state index in [4.69, 9.17) is 14.2 Å². The number of carbonyl (C=O) groups excluding carboxylic acids is 1. The lowest BCUT2D eigenvalue weighted by Crippen LogP contribution is -2.49. The van der Waals surface area contributed by atoms with E-state index in [2.05, 4.69) is 23.1 Å². The van der Waals surface area contributed by atoms with E-state index in [0.29, 0.717) is 13.2 Å². The summed E-state index contributed by atoms with van der Waals surface area (Å²) < 4.78 is 17.8. The van der Waals surface area contributed by atoms with Crippen LogP contribution < -0.4 is 9.47 Å². The lowest BCUT2D eigenvalue weighted by Gasteiger charge is -2.38. The SMILES string of the molecule is O=C1c2ccc(OC[C@@H]3CCCO3)cc2CCN1[C@H]1COc2cc(CN3CCCC3)ccc2C1. The summed E-state index contributed by atoms with van der Waals surface area (Å²) in [4.78, 5) is 17.9. The highest BCUT2D eigenvalue weighted by Crippen LogP contribution is 2.32. The molecule has 180 valence electrons. The van der Waals surface area contributed by atoms with Gasteiger partial charge in [0.1, 0.15) is 24.7 Å². The summed E-state index contributed by atoms with van der Waals surface area (Å²) in [6, 6.07) is 12.6. The van der Waals surface area contributed by atoms with Gasteiger partial charge in [-0.25, -0.2) is 0 Å². The molecule has 0 spiro atoms. The predicted molar refractivity (Wildman–Crippen MR) is 130 cm³/mol. The molecule has 1 amide bonds. The molecule has 2 atom stereocenters. The number of hydrogen-bond donors (Lipinski definition) is 0. The number of hydrogen-bond acceptors (Lipinski definition) is 5. The van der Waals surface area contributed by atoms with E-state index in [9.17, 15) is 4.79 Å². The van der Waals surface area contributed by atoms with E-state index in [-0.39, 0.29) is 18.1 Å². The summed E-state index contributed by atoms with van der Waals surface area (Å²) >= 11 is 0. The molecule has 4 aliphatic heterocycles. The van der Waals surface area contributed by atoms with Gasteiger partial charge in [-0.05, 0) is 92.6 Å². The molecular weight excluding hydrogens is 428 g/mol. The van der Waals surface area contributed by atoms with E-state index >= 15 is 0 Å². The number of rotatable bonds is 6. The molecule has 2 aromatic carbocycles. The smallest absolute Gasteiger partial charge is 0.254 e. The van der Waals surface area contributed by atoms with Crippen molar-refractivity contribution in [2.24, 2.45) is 0 Å². The maximum atomic E-state index is 13.4. The summed E-state index contributed by atoms with van der Waals surface area (Å²) in [5.41, 5.74) is 4.40. The zero-order chi connectivity index (χ0) is 22.9. The molecule has 6 nitrogen and oxygen atoms in total. The fraction of sp³-hybridized carbons (Fsp3) is 0.536. The summed E-state index contributed by atoms with van der Waals surface area (Å²) in [6.45, 7) is 6.08. The summed E-state index contributed by atoms with van der Waals surface area (Å²) in [7, 11) is 0. The molecule has 0 unspecified atom stereocenters. The van der Waals surface area contributed by atoms with Crippen molar-refractivity contribution in [3.05, 3.63) is 58.7 Å². The molecule has 6 heteroatoms. The van der Waals surface area contributed by atoms with Gasteiger partial charge in [-0.1, -0.05) is 12.1 Å². The zero-order valence-electron chi connectivity index (χ0n) is 19.8. The zero-order valence-corrected chi connectivity index (χ0v) is 19.8. The van der Waals surface area contributed by atoms with Gasteiger partial charge >= 0.3 is 0 Å². The number of benzene rings is 2. The largest absolute Gasteiger partial charge is 0.491 e. The molecule has 0 aliphatic carbocycles. The number of carbonyl (C=O) groups is 1. The molecule has 4 heterocycles. The molecule has 0 radical (unpaired) electrons. The van der Waals surface area contributed by atoms with Gasteiger partial charge in [0, 0.05) is 25.3 Å². The lowest BCUT2D eigenvalue weighted by molar-refractivity contribution is 0.0565. The van der Waals surface area contributed by atoms with Crippen LogP contribution in [0.4, 0.5) is 0 Å². The van der Waals surface area contributed by atoms with Crippen LogP contribution in [0.2, 0.25) is 0 Å². The normalized spacial score (nSPS) is 24.6. The quantitative estimate of drug-likeness (QED) is 0.653. The maximum absolute atomic E-state index is 13.4. The third-order valence-electron chi connectivity index (χ3n) is 7.71. The first-order valence-corrected chi connectivity index (χ1v) is 12.9. The van der Waals surface area contributed by atoms with Crippen LogP contribution in [0.25, 0.3) is 0 Å². The van der Waals surface area contributed by atoms with E-state index in [1.54, 1.807) is 0 Å². The first kappa shape index (κ1) is 21.9. The number of likely N-dealkylation sites (tertiary alicyclic amines) is 1. The Bertz CT molecular complexity index is 1040. The molecule has 2 fully saturated rings. The highest BCUT2D eigenvalue weighted by molar-refractivity contribution is 5.97. The van der Waals surface area contributed by atoms with Crippen molar-refractivity contribution < 1.29 is 19.0 Å². The predicted octanol–water partition coefficient (Wildman–Crippen LogP) is 3.84. The van der Waals surface area contributed by atoms with Crippen LogP contribution in [-0.2, 0) is 24.1 Å². The molecule has 0 aromatic heterocycles. The first-order valence-electron chi connectivity index (χ1n) is 12.9. The van der Waals surface area contributed by atoms with Gasteiger partial charge in [-0.3, -0.25) is 9.69 Å². The molecule has 6 rings (SSSR count). The van der Waals surface area contributed by atoms with Crippen LogP contribution in [0.1, 0.15) is 52.7 Å². The Morgan fingerprint density at radius 1 is 1.00 bits per heavy atom. The van der Waals surface area contributed by atoms with Crippen molar-refractivity contribution >= 4 is 5.91 Å². The van der Waals surface area contributed by atoms with Gasteiger partial charge in [0.05, 0.1) is 12.1 Å². The van der Waals surface area contributed by atoms with Crippen LogP contribution in [0.15, 0.2) is 36.4 Å². The van der Waals surface area contributed by atoms with Crippen molar-refractivity contribution in [1.29, 1.82) is 0 Å². The van der Waals surface area contributed by atoms with Crippen molar-refractivity contribution in [2.45, 2.75) is 57.2 Å². The molecule has 2 aromatic rings. The Morgan fingerprint density at radius 3 is 2.76 bits per heavy atom. The molecule has 4 aliphatic rings. The Kier molecular flexibility index (Phi) is 6.18. The molecule has 34 heavy (non-hydrogen) atoms. The average Bonchev–Trinajstić information content (AvgIpc) is 3.57. The van der Waals surface area contributed by atoms with E-state index < -0.39 is 0 Å². The van der Waals surface area contributed by atoms with Gasteiger partial charge in [-0.2, -0.15) is 0 Å². The van der Waals surface area contributed by atoms with Crippen LogP contribution in [-0.4, -0.2) is 67.3 Å². The molecule has 0 bridgehead atoms. The van der Waals surface area contributed by atoms with Crippen molar-refractivity contribution in [1.82, 2.24) is 9.80 Å². The highest BCUT2D eigenvalue weighted by atomic mass is 16.5. The Labute approximate surface area is 201 Å². The second kappa shape index (κ2) is 9.59. The fourth-order valence-corrected chi connectivity index (χ4v) is 5.78. The molecule has 0 N–H and O–H groups in total. The minimum atomic E-state index is 0.0769. The molecule has 2 saturated heterocycles. The van der Waals surface area contributed by atoms with Gasteiger partial charge in [-0.15, -0.1) is 0 Å². The summed E-state index contributed by atoms with van der Waals surface area (Å²) in [6.07, 6.45) is 6.67. The average molecular weight is 463 g/mol. The van der Waals surface area contributed by atoms with Gasteiger partial charge in [0.25, 0.3) is 5.91 Å². The van der Waals surface area contributed by atoms with Crippen molar-refractivity contribution in [3.63, 3.8) is 0 Å². The second-order valence-corrected chi connectivity index (χ2v) is 10.1. The maximum Gasteiger partial charge on any atom is 0.254 e. The van der Waals surface area contributed by atoms with Crippen LogP contribution in [0.3, 0.4) is 0 Å². The Hall–Kier alpha value is -2.57. The minimum Gasteiger partial charge on any atom is -0.491 e.